The van der Waals surface area contributed by atoms with E-state index in [1.807, 2.05) is 6.20 Å². The summed E-state index contributed by atoms with van der Waals surface area (Å²) < 4.78 is 0. The van der Waals surface area contributed by atoms with Crippen molar-refractivity contribution in [3.8, 4) is 0 Å². The Labute approximate surface area is 89.1 Å². The van der Waals surface area contributed by atoms with Crippen molar-refractivity contribution in [3.05, 3.63) is 41.7 Å². The lowest BCUT2D eigenvalue weighted by molar-refractivity contribution is 0.570. The zero-order chi connectivity index (χ0) is 10.3. The molecule has 1 aliphatic carbocycles. The quantitative estimate of drug-likeness (QED) is 0.703. The van der Waals surface area contributed by atoms with Gasteiger partial charge in [0.15, 0.2) is 0 Å². The molecule has 2 heteroatoms. The van der Waals surface area contributed by atoms with E-state index in [9.17, 15) is 0 Å². The lowest BCUT2D eigenvalue weighted by atomic mass is 9.89. The molecule has 15 heavy (non-hydrogen) atoms. The molecule has 0 radical (unpaired) electrons. The Kier molecular flexibility index (Phi) is 1.96. The molecule has 2 aromatic rings. The maximum atomic E-state index is 6.01. The highest BCUT2D eigenvalue weighted by Gasteiger charge is 2.18. The summed E-state index contributed by atoms with van der Waals surface area (Å²) in [7, 11) is 0. The van der Waals surface area contributed by atoms with Gasteiger partial charge in [-0.05, 0) is 30.2 Å². The van der Waals surface area contributed by atoms with Gasteiger partial charge in [-0.15, -0.1) is 0 Å². The number of fused-ring (bicyclic) bond motifs is 3. The van der Waals surface area contributed by atoms with Gasteiger partial charge in [0.2, 0.25) is 0 Å². The highest BCUT2D eigenvalue weighted by atomic mass is 14.7. The Morgan fingerprint density at radius 3 is 3.07 bits per heavy atom. The summed E-state index contributed by atoms with van der Waals surface area (Å²) in [5, 5.41) is 2.56. The first-order valence-electron chi connectivity index (χ1n) is 5.45. The van der Waals surface area contributed by atoms with Gasteiger partial charge in [0.05, 0.1) is 0 Å². The first-order chi connectivity index (χ1) is 7.34. The molecule has 2 nitrogen and oxygen atoms in total. The van der Waals surface area contributed by atoms with Crippen LogP contribution in [0.5, 0.6) is 0 Å². The summed E-state index contributed by atoms with van der Waals surface area (Å²) in [4.78, 5) is 4.53. The molecule has 1 aromatic heterocycles. The predicted molar refractivity (Wildman–Crippen MR) is 61.7 cm³/mol. The minimum atomic E-state index is 0.310. The third-order valence-corrected chi connectivity index (χ3v) is 3.21. The van der Waals surface area contributed by atoms with Gasteiger partial charge in [-0.1, -0.05) is 24.3 Å². The second kappa shape index (κ2) is 3.31. The summed E-state index contributed by atoms with van der Waals surface area (Å²) in [5.74, 6) is 0. The third kappa shape index (κ3) is 1.41. The molecule has 1 aliphatic rings. The fourth-order valence-electron chi connectivity index (χ4n) is 2.39. The van der Waals surface area contributed by atoms with Gasteiger partial charge in [0.25, 0.3) is 0 Å². The Balaban J connectivity index is 2.28. The molecule has 0 aliphatic heterocycles. The molecule has 0 bridgehead atoms. The third-order valence-electron chi connectivity index (χ3n) is 3.21. The van der Waals surface area contributed by atoms with Gasteiger partial charge < -0.3 is 5.73 Å². The van der Waals surface area contributed by atoms with Gasteiger partial charge in [-0.2, -0.15) is 0 Å². The molecule has 0 spiro atoms. The van der Waals surface area contributed by atoms with Crippen LogP contribution in [0, 0.1) is 0 Å². The van der Waals surface area contributed by atoms with Crippen LogP contribution in [0.4, 0.5) is 0 Å². The molecule has 76 valence electrons. The summed E-state index contributed by atoms with van der Waals surface area (Å²) in [6.45, 7) is 0. The zero-order valence-corrected chi connectivity index (χ0v) is 8.61. The van der Waals surface area contributed by atoms with E-state index in [0.717, 1.165) is 19.3 Å². The number of rotatable bonds is 0. The van der Waals surface area contributed by atoms with E-state index in [-0.39, 0.29) is 0 Å². The number of nitrogens with zero attached hydrogens (tertiary/aromatic N) is 1. The number of pyridine rings is 1. The smallest absolute Gasteiger partial charge is 0.0443 e. The van der Waals surface area contributed by atoms with Crippen LogP contribution < -0.4 is 5.73 Å². The van der Waals surface area contributed by atoms with E-state index in [1.54, 1.807) is 0 Å². The Hall–Kier alpha value is -1.41. The van der Waals surface area contributed by atoms with E-state index in [4.69, 9.17) is 5.73 Å². The highest BCUT2D eigenvalue weighted by molar-refractivity contribution is 5.85. The van der Waals surface area contributed by atoms with Crippen molar-refractivity contribution >= 4 is 10.8 Å². The SMILES string of the molecule is NC1CCc2ncc3ccccc3c2C1. The predicted octanol–water partition coefficient (Wildman–Crippen LogP) is 2.05. The van der Waals surface area contributed by atoms with Gasteiger partial charge in [0, 0.05) is 23.3 Å². The molecule has 1 aromatic carbocycles. The van der Waals surface area contributed by atoms with Gasteiger partial charge >= 0.3 is 0 Å². The Morgan fingerprint density at radius 2 is 2.13 bits per heavy atom. The first-order valence-corrected chi connectivity index (χ1v) is 5.45. The fourth-order valence-corrected chi connectivity index (χ4v) is 2.39. The second-order valence-electron chi connectivity index (χ2n) is 4.27. The summed E-state index contributed by atoms with van der Waals surface area (Å²) in [5.41, 5.74) is 8.63. The van der Waals surface area contributed by atoms with Crippen molar-refractivity contribution in [2.24, 2.45) is 5.73 Å². The maximum Gasteiger partial charge on any atom is 0.0443 e. The van der Waals surface area contributed by atoms with Crippen LogP contribution >= 0.6 is 0 Å². The minimum absolute atomic E-state index is 0.310. The topological polar surface area (TPSA) is 38.9 Å². The average Bonchev–Trinajstić information content (AvgIpc) is 2.29. The molecule has 1 unspecified atom stereocenters. The lowest BCUT2D eigenvalue weighted by Gasteiger charge is -2.21. The number of aromatic nitrogens is 1. The standard InChI is InChI=1S/C13H14N2/c14-10-5-6-13-12(7-10)11-4-2-1-3-9(11)8-15-13/h1-4,8,10H,5-7,14H2. The summed E-state index contributed by atoms with van der Waals surface area (Å²) in [6.07, 6.45) is 5.05. The van der Waals surface area contributed by atoms with Crippen LogP contribution in [-0.2, 0) is 12.8 Å². The number of hydrogen-bond acceptors (Lipinski definition) is 2. The zero-order valence-electron chi connectivity index (χ0n) is 8.61. The Bertz CT molecular complexity index is 505. The van der Waals surface area contributed by atoms with Crippen LogP contribution in [0.2, 0.25) is 0 Å². The van der Waals surface area contributed by atoms with Crippen LogP contribution in [0.25, 0.3) is 10.8 Å². The molecular formula is C13H14N2. The van der Waals surface area contributed by atoms with Gasteiger partial charge in [0.1, 0.15) is 0 Å². The van der Waals surface area contributed by atoms with Crippen molar-refractivity contribution in [3.63, 3.8) is 0 Å². The van der Waals surface area contributed by atoms with E-state index < -0.39 is 0 Å². The van der Waals surface area contributed by atoms with E-state index in [1.165, 1.54) is 22.0 Å². The fraction of sp³-hybridized carbons (Fsp3) is 0.308. The van der Waals surface area contributed by atoms with E-state index >= 15 is 0 Å². The molecule has 0 fully saturated rings. The molecule has 1 atom stereocenters. The molecule has 0 saturated heterocycles. The molecular weight excluding hydrogens is 184 g/mol. The number of hydrogen-bond donors (Lipinski definition) is 1. The van der Waals surface area contributed by atoms with Gasteiger partial charge in [-0.3, -0.25) is 4.98 Å². The van der Waals surface area contributed by atoms with Crippen molar-refractivity contribution in [2.75, 3.05) is 0 Å². The van der Waals surface area contributed by atoms with Crippen molar-refractivity contribution < 1.29 is 0 Å². The Morgan fingerprint density at radius 1 is 1.27 bits per heavy atom. The molecule has 3 rings (SSSR count). The monoisotopic (exact) mass is 198 g/mol. The highest BCUT2D eigenvalue weighted by Crippen LogP contribution is 2.26. The summed E-state index contributed by atoms with van der Waals surface area (Å²) in [6, 6.07) is 8.74. The van der Waals surface area contributed by atoms with E-state index in [2.05, 4.69) is 29.2 Å². The van der Waals surface area contributed by atoms with Crippen LogP contribution in [-0.4, -0.2) is 11.0 Å². The maximum absolute atomic E-state index is 6.01. The largest absolute Gasteiger partial charge is 0.327 e. The van der Waals surface area contributed by atoms with Crippen LogP contribution in [0.15, 0.2) is 30.5 Å². The van der Waals surface area contributed by atoms with E-state index in [0.29, 0.717) is 6.04 Å². The first kappa shape index (κ1) is 8.86. The second-order valence-corrected chi connectivity index (χ2v) is 4.27. The van der Waals surface area contributed by atoms with Gasteiger partial charge in [-0.25, -0.2) is 0 Å². The molecule has 1 heterocycles. The van der Waals surface area contributed by atoms with Crippen LogP contribution in [0.1, 0.15) is 17.7 Å². The molecule has 2 N–H and O–H groups in total. The number of benzene rings is 1. The lowest BCUT2D eigenvalue weighted by Crippen LogP contribution is -2.28. The van der Waals surface area contributed by atoms with Crippen molar-refractivity contribution in [1.29, 1.82) is 0 Å². The number of aryl methyl sites for hydroxylation is 1. The summed E-state index contributed by atoms with van der Waals surface area (Å²) >= 11 is 0. The molecule has 0 amide bonds. The van der Waals surface area contributed by atoms with Crippen molar-refractivity contribution in [2.45, 2.75) is 25.3 Å². The average molecular weight is 198 g/mol. The normalized spacial score (nSPS) is 20.2. The van der Waals surface area contributed by atoms with Crippen LogP contribution in [0.3, 0.4) is 0 Å². The minimum Gasteiger partial charge on any atom is -0.327 e. The molecule has 0 saturated carbocycles. The van der Waals surface area contributed by atoms with Crippen molar-refractivity contribution in [1.82, 2.24) is 4.98 Å². The number of nitrogens with two attached hydrogens (primary N) is 1.